The normalized spacial score (nSPS) is 12.5. The van der Waals surface area contributed by atoms with E-state index in [0.717, 1.165) is 22.1 Å². The number of hydrogen-bond donors (Lipinski definition) is 1. The van der Waals surface area contributed by atoms with Crippen LogP contribution in [0.25, 0.3) is 10.8 Å². The molecule has 4 heteroatoms. The number of aromatic nitrogens is 2. The van der Waals surface area contributed by atoms with Gasteiger partial charge >= 0.3 is 0 Å². The second kappa shape index (κ2) is 5.97. The summed E-state index contributed by atoms with van der Waals surface area (Å²) in [5.41, 5.74) is 0.814. The highest BCUT2D eigenvalue weighted by molar-refractivity contribution is 5.89. The predicted octanol–water partition coefficient (Wildman–Crippen LogP) is 3.17. The van der Waals surface area contributed by atoms with Crippen molar-refractivity contribution in [1.82, 2.24) is 9.78 Å². The molecule has 0 unspecified atom stereocenters. The van der Waals surface area contributed by atoms with Crippen molar-refractivity contribution in [2.45, 2.75) is 19.6 Å². The van der Waals surface area contributed by atoms with Crippen molar-refractivity contribution in [3.05, 3.63) is 60.4 Å². The maximum atomic E-state index is 9.95. The van der Waals surface area contributed by atoms with Crippen molar-refractivity contribution in [2.75, 3.05) is 6.61 Å². The van der Waals surface area contributed by atoms with E-state index >= 15 is 0 Å². The Morgan fingerprint density at radius 3 is 2.81 bits per heavy atom. The lowest BCUT2D eigenvalue weighted by Gasteiger charge is -2.16. The Balaban J connectivity index is 1.89. The Bertz CT molecular complexity index is 721. The van der Waals surface area contributed by atoms with Crippen LogP contribution in [0.5, 0.6) is 5.75 Å². The molecule has 0 spiro atoms. The summed E-state index contributed by atoms with van der Waals surface area (Å²) in [6.45, 7) is 2.94. The van der Waals surface area contributed by atoms with Gasteiger partial charge in [-0.1, -0.05) is 36.4 Å². The molecule has 1 aromatic heterocycles. The Morgan fingerprint density at radius 2 is 2.05 bits per heavy atom. The van der Waals surface area contributed by atoms with Crippen LogP contribution in [0, 0.1) is 0 Å². The fourth-order valence-corrected chi connectivity index (χ4v) is 2.42. The van der Waals surface area contributed by atoms with Crippen LogP contribution in [0.3, 0.4) is 0 Å². The Labute approximate surface area is 123 Å². The molecule has 0 aliphatic rings. The third kappa shape index (κ3) is 2.90. The smallest absolute Gasteiger partial charge is 0.132 e. The molecule has 0 bridgehead atoms. The van der Waals surface area contributed by atoms with Gasteiger partial charge in [0.15, 0.2) is 0 Å². The maximum absolute atomic E-state index is 9.95. The molecule has 2 aromatic carbocycles. The molecule has 21 heavy (non-hydrogen) atoms. The van der Waals surface area contributed by atoms with Crippen LogP contribution in [-0.2, 0) is 6.54 Å². The van der Waals surface area contributed by atoms with E-state index in [1.54, 1.807) is 13.1 Å². The van der Waals surface area contributed by atoms with Crippen molar-refractivity contribution in [3.63, 3.8) is 0 Å². The molecule has 0 aliphatic heterocycles. The first-order chi connectivity index (χ1) is 10.3. The number of aliphatic hydroxyl groups is 1. The lowest BCUT2D eigenvalue weighted by Crippen LogP contribution is -2.10. The lowest BCUT2D eigenvalue weighted by molar-refractivity contribution is 0.190. The second-order valence-corrected chi connectivity index (χ2v) is 5.00. The molecule has 0 saturated heterocycles. The van der Waals surface area contributed by atoms with Gasteiger partial charge in [0.25, 0.3) is 0 Å². The van der Waals surface area contributed by atoms with Gasteiger partial charge in [0.05, 0.1) is 12.6 Å². The van der Waals surface area contributed by atoms with E-state index in [1.165, 1.54) is 0 Å². The third-order valence-electron chi connectivity index (χ3n) is 3.49. The molecule has 1 N–H and O–H groups in total. The van der Waals surface area contributed by atoms with Gasteiger partial charge in [-0.05, 0) is 18.4 Å². The van der Waals surface area contributed by atoms with E-state index < -0.39 is 6.10 Å². The van der Waals surface area contributed by atoms with Gasteiger partial charge < -0.3 is 9.84 Å². The third-order valence-corrected chi connectivity index (χ3v) is 3.49. The number of fused-ring (bicyclic) bond motifs is 1. The summed E-state index contributed by atoms with van der Waals surface area (Å²) in [6, 6.07) is 13.9. The summed E-state index contributed by atoms with van der Waals surface area (Å²) in [6.07, 6.45) is 3.09. The van der Waals surface area contributed by atoms with Crippen LogP contribution < -0.4 is 4.74 Å². The SMILES string of the molecule is C[C@H](O)c1ccc2ccccc2c1OCCn1cccn1. The van der Waals surface area contributed by atoms with E-state index in [9.17, 15) is 5.11 Å². The van der Waals surface area contributed by atoms with Gasteiger partial charge in [-0.25, -0.2) is 0 Å². The van der Waals surface area contributed by atoms with Crippen molar-refractivity contribution in [3.8, 4) is 5.75 Å². The van der Waals surface area contributed by atoms with Crippen LogP contribution in [0.15, 0.2) is 54.9 Å². The molecule has 1 heterocycles. The standard InChI is InChI=1S/C17H18N2O2/c1-13(20)15-8-7-14-5-2-3-6-16(14)17(15)21-12-11-19-10-4-9-18-19/h2-10,13,20H,11-12H2,1H3/t13-/m0/s1. The highest BCUT2D eigenvalue weighted by Crippen LogP contribution is 2.33. The van der Waals surface area contributed by atoms with Gasteiger partial charge in [-0.2, -0.15) is 5.10 Å². The first kappa shape index (κ1) is 13.6. The first-order valence-corrected chi connectivity index (χ1v) is 7.05. The van der Waals surface area contributed by atoms with Crippen molar-refractivity contribution in [2.24, 2.45) is 0 Å². The Morgan fingerprint density at radius 1 is 1.19 bits per heavy atom. The molecule has 0 fully saturated rings. The van der Waals surface area contributed by atoms with Gasteiger partial charge in [0.1, 0.15) is 12.4 Å². The van der Waals surface area contributed by atoms with Crippen molar-refractivity contribution >= 4 is 10.8 Å². The molecule has 3 aromatic rings. The summed E-state index contributed by atoms with van der Waals surface area (Å²) >= 11 is 0. The highest BCUT2D eigenvalue weighted by atomic mass is 16.5. The molecule has 0 radical (unpaired) electrons. The number of hydrogen-bond acceptors (Lipinski definition) is 3. The van der Waals surface area contributed by atoms with Crippen molar-refractivity contribution in [1.29, 1.82) is 0 Å². The summed E-state index contributed by atoms with van der Waals surface area (Å²) in [4.78, 5) is 0. The van der Waals surface area contributed by atoms with Crippen LogP contribution in [0.4, 0.5) is 0 Å². The number of aliphatic hydroxyl groups excluding tert-OH is 1. The second-order valence-electron chi connectivity index (χ2n) is 5.00. The molecular formula is C17H18N2O2. The van der Waals surface area contributed by atoms with E-state index in [2.05, 4.69) is 5.10 Å². The topological polar surface area (TPSA) is 47.3 Å². The first-order valence-electron chi connectivity index (χ1n) is 7.05. The van der Waals surface area contributed by atoms with E-state index in [1.807, 2.05) is 53.3 Å². The average Bonchev–Trinajstić information content (AvgIpc) is 3.00. The number of nitrogens with zero attached hydrogens (tertiary/aromatic N) is 2. The van der Waals surface area contributed by atoms with Gasteiger partial charge in [-0.15, -0.1) is 0 Å². The molecular weight excluding hydrogens is 264 g/mol. The van der Waals surface area contributed by atoms with Crippen LogP contribution in [0.1, 0.15) is 18.6 Å². The summed E-state index contributed by atoms with van der Waals surface area (Å²) in [7, 11) is 0. The minimum Gasteiger partial charge on any atom is -0.491 e. The predicted molar refractivity (Wildman–Crippen MR) is 82.3 cm³/mol. The van der Waals surface area contributed by atoms with Gasteiger partial charge in [0, 0.05) is 23.3 Å². The van der Waals surface area contributed by atoms with Crippen molar-refractivity contribution < 1.29 is 9.84 Å². The molecule has 0 aliphatic carbocycles. The van der Waals surface area contributed by atoms with E-state index in [0.29, 0.717) is 13.2 Å². The minimum absolute atomic E-state index is 0.509. The van der Waals surface area contributed by atoms with Gasteiger partial charge in [-0.3, -0.25) is 4.68 Å². The zero-order valence-electron chi connectivity index (χ0n) is 11.9. The molecule has 3 rings (SSSR count). The minimum atomic E-state index is -0.561. The maximum Gasteiger partial charge on any atom is 0.132 e. The Kier molecular flexibility index (Phi) is 3.88. The molecule has 0 saturated carbocycles. The number of rotatable bonds is 5. The monoisotopic (exact) mass is 282 g/mol. The van der Waals surface area contributed by atoms with Crippen LogP contribution in [0.2, 0.25) is 0 Å². The quantitative estimate of drug-likeness (QED) is 0.782. The van der Waals surface area contributed by atoms with Crippen LogP contribution in [-0.4, -0.2) is 21.5 Å². The average molecular weight is 282 g/mol. The summed E-state index contributed by atoms with van der Waals surface area (Å²) in [5.74, 6) is 0.759. The number of benzene rings is 2. The molecule has 4 nitrogen and oxygen atoms in total. The molecule has 1 atom stereocenters. The molecule has 108 valence electrons. The fourth-order valence-electron chi connectivity index (χ4n) is 2.42. The lowest BCUT2D eigenvalue weighted by atomic mass is 10.0. The van der Waals surface area contributed by atoms with E-state index in [4.69, 9.17) is 4.74 Å². The van der Waals surface area contributed by atoms with E-state index in [-0.39, 0.29) is 0 Å². The molecule has 0 amide bonds. The summed E-state index contributed by atoms with van der Waals surface area (Å²) in [5, 5.41) is 16.2. The zero-order chi connectivity index (χ0) is 14.7. The van der Waals surface area contributed by atoms with Crippen LogP contribution >= 0.6 is 0 Å². The number of ether oxygens (including phenoxy) is 1. The fraction of sp³-hybridized carbons (Fsp3) is 0.235. The Hall–Kier alpha value is -2.33. The summed E-state index contributed by atoms with van der Waals surface area (Å²) < 4.78 is 7.79. The largest absolute Gasteiger partial charge is 0.491 e. The zero-order valence-corrected chi connectivity index (χ0v) is 11.9. The highest BCUT2D eigenvalue weighted by Gasteiger charge is 2.12. The van der Waals surface area contributed by atoms with Gasteiger partial charge in [0.2, 0.25) is 0 Å².